The Hall–Kier alpha value is -3.41. The first-order chi connectivity index (χ1) is 18.6. The van der Waals surface area contributed by atoms with Crippen LogP contribution in [-0.2, 0) is 33.3 Å². The smallest absolute Gasteiger partial charge is 0.331 e. The fraction of sp³-hybridized carbons (Fsp3) is 0.667. The van der Waals surface area contributed by atoms with Gasteiger partial charge in [-0.15, -0.1) is 0 Å². The van der Waals surface area contributed by atoms with Gasteiger partial charge in [0.05, 0.1) is 26.2 Å². The number of methoxy groups -OCH3 is 1. The molecule has 216 valence electrons. The van der Waals surface area contributed by atoms with Gasteiger partial charge in [-0.3, -0.25) is 14.4 Å². The van der Waals surface area contributed by atoms with Crippen molar-refractivity contribution in [1.82, 2.24) is 10.3 Å². The molecular formula is C27H38N2O10. The Morgan fingerprint density at radius 1 is 1.21 bits per heavy atom. The van der Waals surface area contributed by atoms with E-state index in [-0.39, 0.29) is 48.2 Å². The largest absolute Gasteiger partial charge is 0.493 e. The Morgan fingerprint density at radius 3 is 2.59 bits per heavy atom. The molecule has 0 bridgehead atoms. The molecule has 1 aliphatic carbocycles. The zero-order valence-corrected chi connectivity index (χ0v) is 23.1. The van der Waals surface area contributed by atoms with E-state index in [0.29, 0.717) is 12.3 Å². The SMILES string of the molecule is COc1ccnc(C(=O)N[C@H]2COC[C@H](OC(=O)C3CC3)[C@@H](CCC(C)C)[C@H](C)OC2=O)c1OCOC(C)=O. The van der Waals surface area contributed by atoms with E-state index in [1.165, 1.54) is 26.3 Å². The van der Waals surface area contributed by atoms with Gasteiger partial charge in [0.2, 0.25) is 6.79 Å². The number of esters is 3. The fourth-order valence-electron chi connectivity index (χ4n) is 4.17. The van der Waals surface area contributed by atoms with Gasteiger partial charge in [0.25, 0.3) is 5.91 Å². The maximum atomic E-state index is 13.2. The molecule has 2 heterocycles. The molecule has 1 N–H and O–H groups in total. The Balaban J connectivity index is 1.76. The number of rotatable bonds is 11. The molecule has 0 radical (unpaired) electrons. The Morgan fingerprint density at radius 2 is 1.95 bits per heavy atom. The molecule has 0 spiro atoms. The molecule has 3 rings (SSSR count). The van der Waals surface area contributed by atoms with Crippen molar-refractivity contribution >= 4 is 23.8 Å². The summed E-state index contributed by atoms with van der Waals surface area (Å²) in [6.45, 7) is 6.54. The summed E-state index contributed by atoms with van der Waals surface area (Å²) < 4.78 is 32.9. The van der Waals surface area contributed by atoms with Gasteiger partial charge in [-0.2, -0.15) is 0 Å². The number of carbonyl (C=O) groups is 4. The van der Waals surface area contributed by atoms with E-state index in [2.05, 4.69) is 24.1 Å². The van der Waals surface area contributed by atoms with Crippen LogP contribution in [0.15, 0.2) is 12.3 Å². The van der Waals surface area contributed by atoms with Crippen LogP contribution in [-0.4, -0.2) is 74.2 Å². The number of hydrogen-bond acceptors (Lipinski definition) is 11. The number of hydrogen-bond donors (Lipinski definition) is 1. The summed E-state index contributed by atoms with van der Waals surface area (Å²) in [5.74, 6) is -2.11. The summed E-state index contributed by atoms with van der Waals surface area (Å²) >= 11 is 0. The van der Waals surface area contributed by atoms with E-state index in [0.717, 1.165) is 19.3 Å². The third-order valence-corrected chi connectivity index (χ3v) is 6.56. The summed E-state index contributed by atoms with van der Waals surface area (Å²) in [6, 6.07) is 0.303. The lowest BCUT2D eigenvalue weighted by Gasteiger charge is -2.31. The summed E-state index contributed by atoms with van der Waals surface area (Å²) in [5, 5.41) is 2.59. The second-order valence-corrected chi connectivity index (χ2v) is 10.2. The van der Waals surface area contributed by atoms with Gasteiger partial charge in [-0.05, 0) is 32.1 Å². The first kappa shape index (κ1) is 30.1. The van der Waals surface area contributed by atoms with Crippen LogP contribution in [0.2, 0.25) is 0 Å². The Bertz CT molecular complexity index is 1030. The van der Waals surface area contributed by atoms with Crippen molar-refractivity contribution in [2.45, 2.75) is 71.6 Å². The van der Waals surface area contributed by atoms with Gasteiger partial charge in [-0.25, -0.2) is 9.78 Å². The summed E-state index contributed by atoms with van der Waals surface area (Å²) in [6.07, 6.45) is 3.31. The van der Waals surface area contributed by atoms with Crippen molar-refractivity contribution in [3.63, 3.8) is 0 Å². The summed E-state index contributed by atoms with van der Waals surface area (Å²) in [4.78, 5) is 54.0. The lowest BCUT2D eigenvalue weighted by atomic mass is 9.89. The molecule has 1 amide bonds. The molecular weight excluding hydrogens is 512 g/mol. The minimum Gasteiger partial charge on any atom is -0.493 e. The van der Waals surface area contributed by atoms with Crippen LogP contribution in [0.1, 0.15) is 63.9 Å². The monoisotopic (exact) mass is 550 g/mol. The van der Waals surface area contributed by atoms with Crippen molar-refractivity contribution in [3.05, 3.63) is 18.0 Å². The van der Waals surface area contributed by atoms with Gasteiger partial charge >= 0.3 is 17.9 Å². The second-order valence-electron chi connectivity index (χ2n) is 10.2. The summed E-state index contributed by atoms with van der Waals surface area (Å²) in [5.41, 5.74) is -0.187. The molecule has 2 fully saturated rings. The van der Waals surface area contributed by atoms with Gasteiger partial charge in [0, 0.05) is 25.1 Å². The van der Waals surface area contributed by atoms with Crippen molar-refractivity contribution in [2.24, 2.45) is 17.8 Å². The number of ether oxygens (including phenoxy) is 6. The topological polar surface area (TPSA) is 149 Å². The number of amides is 1. The normalized spacial score (nSPS) is 23.5. The maximum Gasteiger partial charge on any atom is 0.331 e. The van der Waals surface area contributed by atoms with E-state index in [1.807, 2.05) is 0 Å². The highest BCUT2D eigenvalue weighted by atomic mass is 16.7. The average molecular weight is 551 g/mol. The van der Waals surface area contributed by atoms with Crippen molar-refractivity contribution in [1.29, 1.82) is 0 Å². The molecule has 39 heavy (non-hydrogen) atoms. The Labute approximate surface area is 228 Å². The highest BCUT2D eigenvalue weighted by molar-refractivity contribution is 5.98. The van der Waals surface area contributed by atoms with Gasteiger partial charge in [0.1, 0.15) is 12.2 Å². The predicted octanol–water partition coefficient (Wildman–Crippen LogP) is 2.42. The fourth-order valence-corrected chi connectivity index (χ4v) is 4.17. The van der Waals surface area contributed by atoms with E-state index < -0.39 is 42.9 Å². The van der Waals surface area contributed by atoms with E-state index >= 15 is 0 Å². The molecule has 0 unspecified atom stereocenters. The van der Waals surface area contributed by atoms with Crippen LogP contribution in [0.25, 0.3) is 0 Å². The van der Waals surface area contributed by atoms with E-state index in [1.54, 1.807) is 6.92 Å². The minimum atomic E-state index is -1.17. The molecule has 12 nitrogen and oxygen atoms in total. The van der Waals surface area contributed by atoms with Crippen molar-refractivity contribution in [3.8, 4) is 11.5 Å². The zero-order valence-electron chi connectivity index (χ0n) is 23.1. The quantitative estimate of drug-likeness (QED) is 0.246. The third-order valence-electron chi connectivity index (χ3n) is 6.56. The molecule has 1 saturated carbocycles. The highest BCUT2D eigenvalue weighted by Crippen LogP contribution is 2.33. The van der Waals surface area contributed by atoms with E-state index in [4.69, 9.17) is 28.4 Å². The number of pyridine rings is 1. The van der Waals surface area contributed by atoms with Gasteiger partial charge in [0.15, 0.2) is 23.2 Å². The molecule has 1 saturated heterocycles. The Kier molecular flexibility index (Phi) is 10.9. The standard InChI is InChI=1S/C27H38N2O10/c1-15(2)6-9-19-16(3)38-27(33)20(12-35-13-22(19)39-26(32)18-7-8-18)29-25(31)23-24(37-14-36-17(4)30)21(34-5)10-11-28-23/h10-11,15-16,18-20,22H,6-9,12-14H2,1-5H3,(H,29,31)/t16-,19-,20-,22-/m0/s1. The molecule has 2 aliphatic rings. The summed E-state index contributed by atoms with van der Waals surface area (Å²) in [7, 11) is 1.38. The zero-order chi connectivity index (χ0) is 28.5. The highest BCUT2D eigenvalue weighted by Gasteiger charge is 2.39. The molecule has 4 atom stereocenters. The minimum absolute atomic E-state index is 0.0583. The molecule has 1 aromatic rings. The van der Waals surface area contributed by atoms with Crippen LogP contribution in [0.4, 0.5) is 0 Å². The first-order valence-electron chi connectivity index (χ1n) is 13.2. The van der Waals surface area contributed by atoms with Crippen LogP contribution in [0.5, 0.6) is 11.5 Å². The lowest BCUT2D eigenvalue weighted by Crippen LogP contribution is -2.46. The lowest BCUT2D eigenvalue weighted by molar-refractivity contribution is -0.163. The van der Waals surface area contributed by atoms with Crippen LogP contribution < -0.4 is 14.8 Å². The molecule has 0 aromatic carbocycles. The van der Waals surface area contributed by atoms with Gasteiger partial charge in [-0.1, -0.05) is 20.3 Å². The first-order valence-corrected chi connectivity index (χ1v) is 13.2. The molecule has 12 heteroatoms. The number of nitrogens with zero attached hydrogens (tertiary/aromatic N) is 1. The molecule has 1 aliphatic heterocycles. The van der Waals surface area contributed by atoms with Gasteiger partial charge < -0.3 is 33.7 Å². The number of aromatic nitrogens is 1. The third kappa shape index (κ3) is 8.81. The average Bonchev–Trinajstić information content (AvgIpc) is 3.72. The van der Waals surface area contributed by atoms with E-state index in [9.17, 15) is 19.2 Å². The second kappa shape index (κ2) is 14.1. The predicted molar refractivity (Wildman–Crippen MR) is 136 cm³/mol. The van der Waals surface area contributed by atoms with Crippen LogP contribution in [0.3, 0.4) is 0 Å². The number of cyclic esters (lactones) is 1. The van der Waals surface area contributed by atoms with Crippen LogP contribution >= 0.6 is 0 Å². The van der Waals surface area contributed by atoms with Crippen molar-refractivity contribution < 1.29 is 47.6 Å². The maximum absolute atomic E-state index is 13.2. The number of carbonyl (C=O) groups excluding carboxylic acids is 4. The number of nitrogens with one attached hydrogen (secondary N) is 1. The van der Waals surface area contributed by atoms with Crippen LogP contribution in [0, 0.1) is 17.8 Å². The van der Waals surface area contributed by atoms with Crippen molar-refractivity contribution in [2.75, 3.05) is 27.1 Å². The molecule has 1 aromatic heterocycles.